The summed E-state index contributed by atoms with van der Waals surface area (Å²) in [5.74, 6) is -0.254. The molecule has 0 aliphatic heterocycles. The summed E-state index contributed by atoms with van der Waals surface area (Å²) in [5, 5.41) is 5.62. The van der Waals surface area contributed by atoms with E-state index in [2.05, 4.69) is 5.32 Å². The van der Waals surface area contributed by atoms with Crippen LogP contribution in [0.25, 0.3) is 10.8 Å². The fourth-order valence-corrected chi connectivity index (χ4v) is 3.40. The molecule has 4 heteroatoms. The lowest BCUT2D eigenvalue weighted by molar-refractivity contribution is 0.103. The Hall–Kier alpha value is -3.69. The lowest BCUT2D eigenvalue weighted by Crippen LogP contribution is -2.05. The summed E-state index contributed by atoms with van der Waals surface area (Å²) in [6, 6.07) is 27.5. The zero-order valence-electron chi connectivity index (χ0n) is 16.0. The topological polar surface area (TPSA) is 46.2 Å². The van der Waals surface area contributed by atoms with Gasteiger partial charge in [0.1, 0.15) is 0 Å². The van der Waals surface area contributed by atoms with Crippen LogP contribution >= 0.6 is 11.6 Å². The Morgan fingerprint density at radius 1 is 0.733 bits per heavy atom. The van der Waals surface area contributed by atoms with Crippen molar-refractivity contribution >= 4 is 39.6 Å². The van der Waals surface area contributed by atoms with Crippen molar-refractivity contribution in [2.45, 2.75) is 0 Å². The largest absolute Gasteiger partial charge is 0.361 e. The van der Waals surface area contributed by atoms with E-state index in [4.69, 9.17) is 11.6 Å². The maximum Gasteiger partial charge on any atom is 0.195 e. The van der Waals surface area contributed by atoms with Crippen LogP contribution in [-0.2, 0) is 0 Å². The van der Waals surface area contributed by atoms with Gasteiger partial charge in [0, 0.05) is 34.0 Å². The van der Waals surface area contributed by atoms with E-state index in [1.54, 1.807) is 36.4 Å². The van der Waals surface area contributed by atoms with Crippen LogP contribution in [0.2, 0.25) is 5.02 Å². The summed E-state index contributed by atoms with van der Waals surface area (Å²) in [6.07, 6.45) is 2.98. The zero-order valence-corrected chi connectivity index (χ0v) is 16.8. The van der Waals surface area contributed by atoms with Crippen molar-refractivity contribution in [1.82, 2.24) is 0 Å². The second-order valence-electron chi connectivity index (χ2n) is 6.79. The van der Waals surface area contributed by atoms with Crippen molar-refractivity contribution in [3.8, 4) is 0 Å². The SMILES string of the molecule is O=C(C=CNc1cc(Cl)ccc1C(=O)c1ccccc1)c1ccc2ccccc2c1. The van der Waals surface area contributed by atoms with E-state index in [-0.39, 0.29) is 11.6 Å². The van der Waals surface area contributed by atoms with Gasteiger partial charge in [-0.25, -0.2) is 0 Å². The van der Waals surface area contributed by atoms with Gasteiger partial charge in [0.05, 0.1) is 5.69 Å². The minimum absolute atomic E-state index is 0.121. The van der Waals surface area contributed by atoms with Crippen molar-refractivity contribution < 1.29 is 9.59 Å². The molecule has 4 aromatic rings. The minimum Gasteiger partial charge on any atom is -0.361 e. The first-order valence-corrected chi connectivity index (χ1v) is 9.85. The number of rotatable bonds is 6. The monoisotopic (exact) mass is 411 g/mol. The average molecular weight is 412 g/mol. The Bertz CT molecular complexity index is 1260. The predicted molar refractivity (Wildman–Crippen MR) is 122 cm³/mol. The molecular weight excluding hydrogens is 394 g/mol. The van der Waals surface area contributed by atoms with Crippen molar-refractivity contribution in [2.75, 3.05) is 5.32 Å². The first-order valence-electron chi connectivity index (χ1n) is 9.47. The van der Waals surface area contributed by atoms with Gasteiger partial charge < -0.3 is 5.32 Å². The number of carbonyl (C=O) groups is 2. The number of fused-ring (bicyclic) bond motifs is 1. The molecule has 0 fully saturated rings. The van der Waals surface area contributed by atoms with E-state index in [0.717, 1.165) is 10.8 Å². The molecule has 4 rings (SSSR count). The maximum atomic E-state index is 12.8. The Balaban J connectivity index is 1.55. The number of ketones is 2. The molecule has 0 bridgehead atoms. The highest BCUT2D eigenvalue weighted by Crippen LogP contribution is 2.24. The second kappa shape index (κ2) is 8.76. The van der Waals surface area contributed by atoms with Gasteiger partial charge in [-0.05, 0) is 35.0 Å². The van der Waals surface area contributed by atoms with E-state index >= 15 is 0 Å². The number of benzene rings is 4. The molecule has 30 heavy (non-hydrogen) atoms. The number of hydrogen-bond donors (Lipinski definition) is 1. The number of nitrogens with one attached hydrogen (secondary N) is 1. The third kappa shape index (κ3) is 4.32. The summed E-state index contributed by atoms with van der Waals surface area (Å²) >= 11 is 6.12. The number of anilines is 1. The average Bonchev–Trinajstić information content (AvgIpc) is 2.79. The molecule has 0 aliphatic rings. The normalized spacial score (nSPS) is 11.0. The van der Waals surface area contributed by atoms with E-state index in [9.17, 15) is 9.59 Å². The van der Waals surface area contributed by atoms with Gasteiger partial charge >= 0.3 is 0 Å². The Kier molecular flexibility index (Phi) is 5.73. The van der Waals surface area contributed by atoms with Crippen molar-refractivity contribution in [3.63, 3.8) is 0 Å². The molecule has 0 unspecified atom stereocenters. The van der Waals surface area contributed by atoms with Crippen molar-refractivity contribution in [1.29, 1.82) is 0 Å². The van der Waals surface area contributed by atoms with Crippen molar-refractivity contribution in [2.24, 2.45) is 0 Å². The minimum atomic E-state index is -0.133. The van der Waals surface area contributed by atoms with Crippen LogP contribution in [0.3, 0.4) is 0 Å². The quantitative estimate of drug-likeness (QED) is 0.289. The molecule has 1 N–H and O–H groups in total. The highest BCUT2D eigenvalue weighted by Gasteiger charge is 2.13. The lowest BCUT2D eigenvalue weighted by atomic mass is 10.0. The Labute approximate surface area is 179 Å². The van der Waals surface area contributed by atoms with Crippen molar-refractivity contribution in [3.05, 3.63) is 125 Å². The molecule has 146 valence electrons. The van der Waals surface area contributed by atoms with Gasteiger partial charge in [0.15, 0.2) is 11.6 Å². The number of halogens is 1. The standard InChI is InChI=1S/C26H18ClNO2/c27-22-12-13-23(26(30)19-7-2-1-3-8-19)24(17-22)28-15-14-25(29)21-11-10-18-6-4-5-9-20(18)16-21/h1-17,28H. The van der Waals surface area contributed by atoms with E-state index in [0.29, 0.717) is 27.4 Å². The highest BCUT2D eigenvalue weighted by atomic mass is 35.5. The first-order chi connectivity index (χ1) is 14.6. The van der Waals surface area contributed by atoms with Crippen LogP contribution in [0, 0.1) is 0 Å². The van der Waals surface area contributed by atoms with Gasteiger partial charge in [-0.15, -0.1) is 0 Å². The molecule has 0 heterocycles. The molecular formula is C26H18ClNO2. The highest BCUT2D eigenvalue weighted by molar-refractivity contribution is 6.31. The Morgan fingerprint density at radius 3 is 2.27 bits per heavy atom. The molecule has 0 spiro atoms. The molecule has 4 aromatic carbocycles. The number of hydrogen-bond acceptors (Lipinski definition) is 3. The van der Waals surface area contributed by atoms with Gasteiger partial charge in [0.25, 0.3) is 0 Å². The van der Waals surface area contributed by atoms with E-state index in [1.807, 2.05) is 54.6 Å². The van der Waals surface area contributed by atoms with E-state index < -0.39 is 0 Å². The second-order valence-corrected chi connectivity index (χ2v) is 7.23. The van der Waals surface area contributed by atoms with Gasteiger partial charge in [-0.2, -0.15) is 0 Å². The predicted octanol–water partition coefficient (Wildman–Crippen LogP) is 6.53. The third-order valence-corrected chi connectivity index (χ3v) is 5.00. The lowest BCUT2D eigenvalue weighted by Gasteiger charge is -2.09. The third-order valence-electron chi connectivity index (χ3n) is 4.77. The van der Waals surface area contributed by atoms with Crippen LogP contribution in [0.4, 0.5) is 5.69 Å². The van der Waals surface area contributed by atoms with Crippen LogP contribution in [-0.4, -0.2) is 11.6 Å². The Morgan fingerprint density at radius 2 is 1.47 bits per heavy atom. The van der Waals surface area contributed by atoms with E-state index in [1.165, 1.54) is 12.3 Å². The number of allylic oxidation sites excluding steroid dienone is 1. The van der Waals surface area contributed by atoms with Gasteiger partial charge in [-0.3, -0.25) is 9.59 Å². The van der Waals surface area contributed by atoms with Crippen LogP contribution < -0.4 is 5.32 Å². The van der Waals surface area contributed by atoms with Gasteiger partial charge in [0.2, 0.25) is 0 Å². The fourth-order valence-electron chi connectivity index (χ4n) is 3.22. The molecule has 0 saturated carbocycles. The molecule has 0 radical (unpaired) electrons. The molecule has 0 atom stereocenters. The van der Waals surface area contributed by atoms with Crippen LogP contribution in [0.5, 0.6) is 0 Å². The molecule has 0 aromatic heterocycles. The first kappa shape index (κ1) is 19.6. The fraction of sp³-hybridized carbons (Fsp3) is 0. The summed E-state index contributed by atoms with van der Waals surface area (Å²) in [7, 11) is 0. The summed E-state index contributed by atoms with van der Waals surface area (Å²) in [5.41, 5.74) is 2.20. The van der Waals surface area contributed by atoms with Crippen LogP contribution in [0.15, 0.2) is 103 Å². The summed E-state index contributed by atoms with van der Waals surface area (Å²) in [6.45, 7) is 0. The molecule has 0 amide bonds. The maximum absolute atomic E-state index is 12.8. The molecule has 0 saturated heterocycles. The zero-order chi connectivity index (χ0) is 20.9. The molecule has 0 aliphatic carbocycles. The summed E-state index contributed by atoms with van der Waals surface area (Å²) < 4.78 is 0. The number of carbonyl (C=O) groups excluding carboxylic acids is 2. The van der Waals surface area contributed by atoms with Gasteiger partial charge in [-0.1, -0.05) is 78.3 Å². The smallest absolute Gasteiger partial charge is 0.195 e. The summed E-state index contributed by atoms with van der Waals surface area (Å²) in [4.78, 5) is 25.4. The molecule has 3 nitrogen and oxygen atoms in total. The van der Waals surface area contributed by atoms with Crippen LogP contribution in [0.1, 0.15) is 26.3 Å².